The first-order chi connectivity index (χ1) is 10.9. The first-order valence-corrected chi connectivity index (χ1v) is 6.91. The summed E-state index contributed by atoms with van der Waals surface area (Å²) in [4.78, 5) is 13.8. The number of non-ortho nitro benzene ring substituents is 1. The Hall–Kier alpha value is -2.29. The van der Waals surface area contributed by atoms with E-state index in [-0.39, 0.29) is 16.5 Å². The van der Waals surface area contributed by atoms with Crippen LogP contribution in [-0.4, -0.2) is 32.8 Å². The second-order valence-electron chi connectivity index (χ2n) is 4.71. The summed E-state index contributed by atoms with van der Waals surface area (Å²) in [5.41, 5.74) is 0.205. The molecule has 2 aromatic rings. The molecule has 0 aliphatic heterocycles. The Labute approximate surface area is 135 Å². The van der Waals surface area contributed by atoms with Gasteiger partial charge in [-0.15, -0.1) is 0 Å². The molecule has 0 bridgehead atoms. The predicted octanol–water partition coefficient (Wildman–Crippen LogP) is 2.29. The van der Waals surface area contributed by atoms with Crippen molar-refractivity contribution >= 4 is 23.1 Å². The number of nitro benzene ring substituents is 1. The van der Waals surface area contributed by atoms with E-state index < -0.39 is 29.5 Å². The van der Waals surface area contributed by atoms with E-state index in [2.05, 4.69) is 10.3 Å². The molecule has 2 atom stereocenters. The number of rotatable bonds is 6. The highest BCUT2D eigenvalue weighted by atomic mass is 35.5. The molecule has 9 heteroatoms. The van der Waals surface area contributed by atoms with E-state index in [4.69, 9.17) is 11.6 Å². The fourth-order valence-corrected chi connectivity index (χ4v) is 2.09. The number of nitro groups is 1. The minimum Gasteiger partial charge on any atom is -0.394 e. The van der Waals surface area contributed by atoms with Crippen molar-refractivity contribution in [2.75, 3.05) is 11.9 Å². The van der Waals surface area contributed by atoms with Gasteiger partial charge in [0, 0.05) is 18.3 Å². The third-order valence-electron chi connectivity index (χ3n) is 3.15. The average Bonchev–Trinajstić information content (AvgIpc) is 2.53. The van der Waals surface area contributed by atoms with Crippen molar-refractivity contribution < 1.29 is 19.5 Å². The van der Waals surface area contributed by atoms with E-state index in [1.165, 1.54) is 30.5 Å². The molecule has 7 nitrogen and oxygen atoms in total. The standard InChI is InChI=1S/C14H13ClFN3O4/c15-9-5-11(16)14(17-6-9)18-12(7-20)13(21)8-1-3-10(4-2-8)19(22)23/h1-6,12-13,20-21H,7H2,(H,17,18)/t12-,13-/m1/s1. The number of aliphatic hydroxyl groups excluding tert-OH is 2. The molecule has 0 aliphatic carbocycles. The number of halogens is 2. The van der Waals surface area contributed by atoms with Crippen LogP contribution in [0.15, 0.2) is 36.5 Å². The van der Waals surface area contributed by atoms with Crippen LogP contribution >= 0.6 is 11.6 Å². The van der Waals surface area contributed by atoms with Crippen LogP contribution in [0.5, 0.6) is 0 Å². The van der Waals surface area contributed by atoms with Crippen molar-refractivity contribution in [2.45, 2.75) is 12.1 Å². The quantitative estimate of drug-likeness (QED) is 0.549. The van der Waals surface area contributed by atoms with E-state index >= 15 is 0 Å². The Bertz CT molecular complexity index is 699. The molecule has 1 aromatic heterocycles. The molecule has 0 spiro atoms. The normalized spacial score (nSPS) is 13.4. The summed E-state index contributed by atoms with van der Waals surface area (Å²) in [6, 6.07) is 5.27. The molecule has 0 unspecified atom stereocenters. The van der Waals surface area contributed by atoms with Crippen LogP contribution in [0.3, 0.4) is 0 Å². The molecule has 0 fully saturated rings. The van der Waals surface area contributed by atoms with Crippen molar-refractivity contribution in [2.24, 2.45) is 0 Å². The van der Waals surface area contributed by atoms with Gasteiger partial charge in [-0.25, -0.2) is 9.37 Å². The highest BCUT2D eigenvalue weighted by Crippen LogP contribution is 2.23. The molecule has 0 saturated carbocycles. The highest BCUT2D eigenvalue weighted by molar-refractivity contribution is 6.30. The number of aromatic nitrogens is 1. The SMILES string of the molecule is O=[N+]([O-])c1ccc([C@@H](O)[C@@H](CO)Nc2ncc(Cl)cc2F)cc1. The number of hydrogen-bond acceptors (Lipinski definition) is 6. The molecule has 3 N–H and O–H groups in total. The molecule has 0 aliphatic rings. The van der Waals surface area contributed by atoms with E-state index in [9.17, 15) is 24.7 Å². The Kier molecular flexibility index (Phi) is 5.43. The Morgan fingerprint density at radius 1 is 1.39 bits per heavy atom. The van der Waals surface area contributed by atoms with Gasteiger partial charge < -0.3 is 15.5 Å². The Balaban J connectivity index is 2.17. The van der Waals surface area contributed by atoms with Gasteiger partial charge in [-0.3, -0.25) is 10.1 Å². The molecule has 2 rings (SSSR count). The molecular weight excluding hydrogens is 329 g/mol. The second kappa shape index (κ2) is 7.32. The van der Waals surface area contributed by atoms with Crippen LogP contribution in [0, 0.1) is 15.9 Å². The van der Waals surface area contributed by atoms with Crippen molar-refractivity contribution in [1.82, 2.24) is 4.98 Å². The van der Waals surface area contributed by atoms with Crippen molar-refractivity contribution in [3.8, 4) is 0 Å². The van der Waals surface area contributed by atoms with E-state index in [0.717, 1.165) is 6.07 Å². The minimum atomic E-state index is -1.22. The monoisotopic (exact) mass is 341 g/mol. The lowest BCUT2D eigenvalue weighted by molar-refractivity contribution is -0.384. The molecule has 0 amide bonds. The minimum absolute atomic E-state index is 0.115. The van der Waals surface area contributed by atoms with Crippen LogP contribution in [0.4, 0.5) is 15.9 Å². The summed E-state index contributed by atoms with van der Waals surface area (Å²) < 4.78 is 13.7. The number of hydrogen-bond donors (Lipinski definition) is 3. The predicted molar refractivity (Wildman–Crippen MR) is 81.8 cm³/mol. The largest absolute Gasteiger partial charge is 0.394 e. The highest BCUT2D eigenvalue weighted by Gasteiger charge is 2.22. The first-order valence-electron chi connectivity index (χ1n) is 6.53. The average molecular weight is 342 g/mol. The summed E-state index contributed by atoms with van der Waals surface area (Å²) >= 11 is 5.60. The summed E-state index contributed by atoms with van der Waals surface area (Å²) in [5, 5.41) is 33.0. The zero-order valence-corrected chi connectivity index (χ0v) is 12.4. The topological polar surface area (TPSA) is 109 Å². The number of nitrogens with zero attached hydrogens (tertiary/aromatic N) is 2. The maximum absolute atomic E-state index is 13.7. The Morgan fingerprint density at radius 3 is 2.57 bits per heavy atom. The molecule has 0 radical (unpaired) electrons. The van der Waals surface area contributed by atoms with Gasteiger partial charge in [0.05, 0.1) is 22.6 Å². The van der Waals surface area contributed by atoms with Gasteiger partial charge in [0.1, 0.15) is 6.10 Å². The fourth-order valence-electron chi connectivity index (χ4n) is 1.95. The maximum Gasteiger partial charge on any atom is 0.269 e. The third-order valence-corrected chi connectivity index (χ3v) is 3.36. The number of benzene rings is 1. The zero-order valence-electron chi connectivity index (χ0n) is 11.7. The number of aliphatic hydroxyl groups is 2. The van der Waals surface area contributed by atoms with Gasteiger partial charge >= 0.3 is 0 Å². The van der Waals surface area contributed by atoms with Crippen LogP contribution < -0.4 is 5.32 Å². The number of pyridine rings is 1. The van der Waals surface area contributed by atoms with E-state index in [1.807, 2.05) is 0 Å². The van der Waals surface area contributed by atoms with Crippen molar-refractivity contribution in [3.63, 3.8) is 0 Å². The molecular formula is C14H13ClFN3O4. The van der Waals surface area contributed by atoms with Gasteiger partial charge in [0.2, 0.25) is 0 Å². The van der Waals surface area contributed by atoms with Crippen LogP contribution in [-0.2, 0) is 0 Å². The summed E-state index contributed by atoms with van der Waals surface area (Å²) in [6.45, 7) is -0.512. The lowest BCUT2D eigenvalue weighted by atomic mass is 10.0. The summed E-state index contributed by atoms with van der Waals surface area (Å²) in [5.74, 6) is -0.902. The van der Waals surface area contributed by atoms with Crippen LogP contribution in [0.1, 0.15) is 11.7 Å². The third kappa shape index (κ3) is 4.13. The van der Waals surface area contributed by atoms with E-state index in [1.54, 1.807) is 0 Å². The van der Waals surface area contributed by atoms with Gasteiger partial charge in [-0.2, -0.15) is 0 Å². The van der Waals surface area contributed by atoms with Gasteiger partial charge in [-0.1, -0.05) is 11.6 Å². The maximum atomic E-state index is 13.7. The van der Waals surface area contributed by atoms with Gasteiger partial charge in [0.15, 0.2) is 11.6 Å². The number of nitrogens with one attached hydrogen (secondary N) is 1. The number of anilines is 1. The zero-order chi connectivity index (χ0) is 17.0. The molecule has 1 aromatic carbocycles. The molecule has 0 saturated heterocycles. The second-order valence-corrected chi connectivity index (χ2v) is 5.15. The Morgan fingerprint density at radius 2 is 2.04 bits per heavy atom. The molecule has 23 heavy (non-hydrogen) atoms. The van der Waals surface area contributed by atoms with Crippen LogP contribution in [0.25, 0.3) is 0 Å². The fraction of sp³-hybridized carbons (Fsp3) is 0.214. The van der Waals surface area contributed by atoms with Gasteiger partial charge in [-0.05, 0) is 23.8 Å². The summed E-state index contributed by atoms with van der Waals surface area (Å²) in [6.07, 6.45) is -0.00248. The smallest absolute Gasteiger partial charge is 0.269 e. The van der Waals surface area contributed by atoms with E-state index in [0.29, 0.717) is 5.56 Å². The van der Waals surface area contributed by atoms with Gasteiger partial charge in [0.25, 0.3) is 5.69 Å². The molecule has 1 heterocycles. The van der Waals surface area contributed by atoms with Crippen molar-refractivity contribution in [3.05, 3.63) is 63.0 Å². The lowest BCUT2D eigenvalue weighted by Gasteiger charge is -2.23. The summed E-state index contributed by atoms with van der Waals surface area (Å²) in [7, 11) is 0. The van der Waals surface area contributed by atoms with Crippen molar-refractivity contribution in [1.29, 1.82) is 0 Å². The molecule has 122 valence electrons. The van der Waals surface area contributed by atoms with Crippen LogP contribution in [0.2, 0.25) is 5.02 Å². The lowest BCUT2D eigenvalue weighted by Crippen LogP contribution is -2.32. The first kappa shape index (κ1) is 17.1.